The number of carbonyl (C=O) groups excluding carboxylic acids is 1. The second kappa shape index (κ2) is 5.21. The molecule has 0 spiro atoms. The summed E-state index contributed by atoms with van der Waals surface area (Å²) in [4.78, 5) is 12.0. The number of nitrogens with zero attached hydrogens (tertiary/aromatic N) is 2. The Morgan fingerprint density at radius 1 is 1.67 bits per heavy atom. The van der Waals surface area contributed by atoms with Gasteiger partial charge in [0.25, 0.3) is 5.91 Å². The fourth-order valence-electron chi connectivity index (χ4n) is 2.51. The van der Waals surface area contributed by atoms with E-state index in [1.165, 1.54) is 6.20 Å². The molecule has 0 radical (unpaired) electrons. The second-order valence-electron chi connectivity index (χ2n) is 4.97. The van der Waals surface area contributed by atoms with Crippen molar-refractivity contribution in [3.8, 4) is 6.07 Å². The van der Waals surface area contributed by atoms with E-state index >= 15 is 0 Å². The molecule has 2 rings (SSSR count). The molecular formula is C13H18N4O. The van der Waals surface area contributed by atoms with Crippen LogP contribution >= 0.6 is 0 Å². The number of H-pyrrole nitrogens is 1. The average Bonchev–Trinajstić information content (AvgIpc) is 2.93. The van der Waals surface area contributed by atoms with Crippen molar-refractivity contribution < 1.29 is 4.79 Å². The van der Waals surface area contributed by atoms with Crippen molar-refractivity contribution in [3.05, 3.63) is 18.0 Å². The molecule has 1 aromatic heterocycles. The minimum absolute atomic E-state index is 0.246. The third-order valence-corrected chi connectivity index (χ3v) is 3.85. The summed E-state index contributed by atoms with van der Waals surface area (Å²) >= 11 is 0. The van der Waals surface area contributed by atoms with Crippen molar-refractivity contribution in [2.45, 2.75) is 44.6 Å². The van der Waals surface area contributed by atoms with Gasteiger partial charge in [-0.15, -0.1) is 0 Å². The SMILES string of the molecule is CCC1CCC(C#N)(NC(=O)c2ccn[nH]2)CC1. The van der Waals surface area contributed by atoms with E-state index < -0.39 is 5.54 Å². The van der Waals surface area contributed by atoms with Gasteiger partial charge in [-0.3, -0.25) is 9.89 Å². The molecule has 0 bridgehead atoms. The third-order valence-electron chi connectivity index (χ3n) is 3.85. The lowest BCUT2D eigenvalue weighted by Gasteiger charge is -2.35. The van der Waals surface area contributed by atoms with Crippen LogP contribution in [0.3, 0.4) is 0 Å². The Balaban J connectivity index is 2.02. The van der Waals surface area contributed by atoms with Crippen molar-refractivity contribution in [2.24, 2.45) is 5.92 Å². The molecule has 1 aromatic rings. The van der Waals surface area contributed by atoms with Crippen LogP contribution in [0.5, 0.6) is 0 Å². The number of amides is 1. The average molecular weight is 246 g/mol. The summed E-state index contributed by atoms with van der Waals surface area (Å²) in [5.41, 5.74) is -0.296. The van der Waals surface area contributed by atoms with Crippen LogP contribution in [0.25, 0.3) is 0 Å². The van der Waals surface area contributed by atoms with Gasteiger partial charge in [0.1, 0.15) is 11.2 Å². The maximum atomic E-state index is 12.0. The van der Waals surface area contributed by atoms with Crippen molar-refractivity contribution >= 4 is 5.91 Å². The zero-order valence-electron chi connectivity index (χ0n) is 10.6. The highest BCUT2D eigenvalue weighted by Gasteiger charge is 2.36. The highest BCUT2D eigenvalue weighted by molar-refractivity contribution is 5.92. The molecule has 18 heavy (non-hydrogen) atoms. The lowest BCUT2D eigenvalue weighted by molar-refractivity contribution is 0.0886. The van der Waals surface area contributed by atoms with E-state index in [2.05, 4.69) is 28.5 Å². The number of aromatic nitrogens is 2. The number of rotatable bonds is 3. The van der Waals surface area contributed by atoms with Crippen molar-refractivity contribution in [1.82, 2.24) is 15.5 Å². The molecule has 96 valence electrons. The van der Waals surface area contributed by atoms with Gasteiger partial charge in [-0.05, 0) is 37.7 Å². The lowest BCUT2D eigenvalue weighted by atomic mass is 9.76. The number of hydrogen-bond donors (Lipinski definition) is 2. The van der Waals surface area contributed by atoms with Crippen molar-refractivity contribution in [3.63, 3.8) is 0 Å². The van der Waals surface area contributed by atoms with Gasteiger partial charge in [0.05, 0.1) is 6.07 Å². The predicted octanol–water partition coefficient (Wildman–Crippen LogP) is 2.00. The van der Waals surface area contributed by atoms with Crippen LogP contribution < -0.4 is 5.32 Å². The maximum Gasteiger partial charge on any atom is 0.270 e. The molecule has 2 N–H and O–H groups in total. The van der Waals surface area contributed by atoms with E-state index in [0.717, 1.165) is 32.1 Å². The summed E-state index contributed by atoms with van der Waals surface area (Å²) in [5, 5.41) is 18.6. The van der Waals surface area contributed by atoms with Gasteiger partial charge in [0, 0.05) is 6.20 Å². The summed E-state index contributed by atoms with van der Waals surface area (Å²) in [6.07, 6.45) is 6.17. The molecule has 1 saturated carbocycles. The number of nitriles is 1. The van der Waals surface area contributed by atoms with Gasteiger partial charge < -0.3 is 5.32 Å². The molecule has 0 aliphatic heterocycles. The van der Waals surface area contributed by atoms with Crippen molar-refractivity contribution in [1.29, 1.82) is 5.26 Å². The van der Waals surface area contributed by atoms with E-state index in [0.29, 0.717) is 11.6 Å². The zero-order valence-corrected chi connectivity index (χ0v) is 10.6. The van der Waals surface area contributed by atoms with Gasteiger partial charge in [-0.1, -0.05) is 13.3 Å². The maximum absolute atomic E-state index is 12.0. The predicted molar refractivity (Wildman–Crippen MR) is 66.6 cm³/mol. The molecule has 5 nitrogen and oxygen atoms in total. The van der Waals surface area contributed by atoms with E-state index in [-0.39, 0.29) is 5.91 Å². The molecule has 1 aliphatic rings. The minimum atomic E-state index is -0.701. The van der Waals surface area contributed by atoms with E-state index in [4.69, 9.17) is 0 Å². The van der Waals surface area contributed by atoms with Crippen LogP contribution in [-0.2, 0) is 0 Å². The van der Waals surface area contributed by atoms with Crippen molar-refractivity contribution in [2.75, 3.05) is 0 Å². The summed E-state index contributed by atoms with van der Waals surface area (Å²) in [6, 6.07) is 3.90. The van der Waals surface area contributed by atoms with Crippen LogP contribution in [0.4, 0.5) is 0 Å². The number of hydrogen-bond acceptors (Lipinski definition) is 3. The van der Waals surface area contributed by atoms with Gasteiger partial charge in [-0.25, -0.2) is 0 Å². The van der Waals surface area contributed by atoms with Crippen LogP contribution in [0, 0.1) is 17.2 Å². The quantitative estimate of drug-likeness (QED) is 0.855. The van der Waals surface area contributed by atoms with Crippen LogP contribution in [-0.4, -0.2) is 21.6 Å². The smallest absolute Gasteiger partial charge is 0.270 e. The fourth-order valence-corrected chi connectivity index (χ4v) is 2.51. The van der Waals surface area contributed by atoms with Crippen LogP contribution in [0.1, 0.15) is 49.5 Å². The largest absolute Gasteiger partial charge is 0.332 e. The Bertz CT molecular complexity index is 438. The van der Waals surface area contributed by atoms with E-state index in [9.17, 15) is 10.1 Å². The Hall–Kier alpha value is -1.83. The first-order chi connectivity index (χ1) is 8.69. The van der Waals surface area contributed by atoms with Gasteiger partial charge in [0.15, 0.2) is 0 Å². The third kappa shape index (κ3) is 2.53. The first-order valence-electron chi connectivity index (χ1n) is 6.42. The zero-order chi connectivity index (χ0) is 13.0. The normalized spacial score (nSPS) is 27.4. The fraction of sp³-hybridized carbons (Fsp3) is 0.615. The molecule has 1 heterocycles. The highest BCUT2D eigenvalue weighted by atomic mass is 16.2. The summed E-state index contributed by atoms with van der Waals surface area (Å²) in [5.74, 6) is 0.444. The summed E-state index contributed by atoms with van der Waals surface area (Å²) in [7, 11) is 0. The van der Waals surface area contributed by atoms with Gasteiger partial charge in [-0.2, -0.15) is 10.4 Å². The molecule has 1 amide bonds. The Morgan fingerprint density at radius 2 is 2.39 bits per heavy atom. The number of aromatic amines is 1. The summed E-state index contributed by atoms with van der Waals surface area (Å²) < 4.78 is 0. The van der Waals surface area contributed by atoms with Gasteiger partial charge in [0.2, 0.25) is 0 Å². The van der Waals surface area contributed by atoms with Gasteiger partial charge >= 0.3 is 0 Å². The van der Waals surface area contributed by atoms with Crippen LogP contribution in [0.2, 0.25) is 0 Å². The molecule has 0 unspecified atom stereocenters. The monoisotopic (exact) mass is 246 g/mol. The standard InChI is InChI=1S/C13H18N4O/c1-2-10-3-6-13(9-14,7-4-10)16-12(18)11-5-8-15-17-11/h5,8,10H,2-4,6-7H2,1H3,(H,15,17)(H,16,18). The molecule has 0 aromatic carbocycles. The number of nitrogens with one attached hydrogen (secondary N) is 2. The first kappa shape index (κ1) is 12.6. The Labute approximate surface area is 107 Å². The Kier molecular flexibility index (Phi) is 3.66. The Morgan fingerprint density at radius 3 is 2.89 bits per heavy atom. The first-order valence-corrected chi connectivity index (χ1v) is 6.42. The molecule has 5 heteroatoms. The number of carbonyl (C=O) groups is 1. The molecule has 0 atom stereocenters. The molecule has 1 aliphatic carbocycles. The second-order valence-corrected chi connectivity index (χ2v) is 4.97. The molecule has 0 saturated heterocycles. The topological polar surface area (TPSA) is 81.6 Å². The van der Waals surface area contributed by atoms with Crippen LogP contribution in [0.15, 0.2) is 12.3 Å². The minimum Gasteiger partial charge on any atom is -0.332 e. The highest BCUT2D eigenvalue weighted by Crippen LogP contribution is 2.33. The lowest BCUT2D eigenvalue weighted by Crippen LogP contribution is -2.49. The van der Waals surface area contributed by atoms with E-state index in [1.807, 2.05) is 0 Å². The molecular weight excluding hydrogens is 228 g/mol. The van der Waals surface area contributed by atoms with E-state index in [1.54, 1.807) is 6.07 Å². The molecule has 1 fully saturated rings. The summed E-state index contributed by atoms with van der Waals surface area (Å²) in [6.45, 7) is 2.17.